The highest BCUT2D eigenvalue weighted by atomic mass is 15.3. The van der Waals surface area contributed by atoms with Gasteiger partial charge in [0.2, 0.25) is 0 Å². The number of rotatable bonds is 9. The van der Waals surface area contributed by atoms with Crippen LogP contribution in [0.4, 0.5) is 0 Å². The maximum atomic E-state index is 6.35. The number of hydrogen-bond acceptors (Lipinski definition) is 2. The van der Waals surface area contributed by atoms with Crippen molar-refractivity contribution in [2.45, 2.75) is 78.7 Å². The Bertz CT molecular complexity index is 395. The van der Waals surface area contributed by atoms with E-state index in [0.717, 1.165) is 24.5 Å². The van der Waals surface area contributed by atoms with Crippen molar-refractivity contribution in [1.82, 2.24) is 9.78 Å². The van der Waals surface area contributed by atoms with Gasteiger partial charge >= 0.3 is 0 Å². The number of nitrogens with two attached hydrogens (primary N) is 1. The Morgan fingerprint density at radius 1 is 1.20 bits per heavy atom. The maximum Gasteiger partial charge on any atom is 0.0628 e. The van der Waals surface area contributed by atoms with E-state index in [-0.39, 0.29) is 0 Å². The first-order valence-electron chi connectivity index (χ1n) is 8.24. The van der Waals surface area contributed by atoms with Crippen molar-refractivity contribution >= 4 is 0 Å². The van der Waals surface area contributed by atoms with Gasteiger partial charge in [-0.3, -0.25) is 4.68 Å². The molecule has 0 saturated heterocycles. The zero-order valence-corrected chi connectivity index (χ0v) is 14.1. The minimum Gasteiger partial charge on any atom is -0.328 e. The lowest BCUT2D eigenvalue weighted by Gasteiger charge is -2.19. The first kappa shape index (κ1) is 17.2. The molecule has 2 atom stereocenters. The van der Waals surface area contributed by atoms with Crippen molar-refractivity contribution in [2.75, 3.05) is 0 Å². The summed E-state index contributed by atoms with van der Waals surface area (Å²) in [7, 11) is 2.02. The number of aryl methyl sites for hydroxylation is 2. The van der Waals surface area contributed by atoms with Crippen molar-refractivity contribution in [1.29, 1.82) is 0 Å². The van der Waals surface area contributed by atoms with Crippen LogP contribution in [0.1, 0.15) is 69.3 Å². The Labute approximate surface area is 124 Å². The quantitative estimate of drug-likeness (QED) is 0.745. The minimum absolute atomic E-state index is 0.329. The van der Waals surface area contributed by atoms with Gasteiger partial charge < -0.3 is 5.73 Å². The number of nitrogens with zero attached hydrogens (tertiary/aromatic N) is 2. The first-order valence-corrected chi connectivity index (χ1v) is 8.24. The smallest absolute Gasteiger partial charge is 0.0628 e. The zero-order valence-electron chi connectivity index (χ0n) is 14.1. The molecular weight excluding hydrogens is 246 g/mol. The second-order valence-electron chi connectivity index (χ2n) is 6.22. The van der Waals surface area contributed by atoms with Crippen LogP contribution in [0, 0.1) is 19.8 Å². The molecule has 0 spiro atoms. The fourth-order valence-corrected chi connectivity index (χ4v) is 3.04. The minimum atomic E-state index is 0.329. The third-order valence-electron chi connectivity index (χ3n) is 4.60. The molecule has 0 aromatic carbocycles. The fourth-order valence-electron chi connectivity index (χ4n) is 3.04. The van der Waals surface area contributed by atoms with Crippen molar-refractivity contribution in [3.63, 3.8) is 0 Å². The second-order valence-corrected chi connectivity index (χ2v) is 6.22. The van der Waals surface area contributed by atoms with Gasteiger partial charge in [-0.15, -0.1) is 0 Å². The Hall–Kier alpha value is -0.830. The molecule has 1 aromatic heterocycles. The molecular formula is C17H33N3. The van der Waals surface area contributed by atoms with Crippen molar-refractivity contribution in [2.24, 2.45) is 18.7 Å². The van der Waals surface area contributed by atoms with E-state index >= 15 is 0 Å². The van der Waals surface area contributed by atoms with Gasteiger partial charge in [-0.1, -0.05) is 39.5 Å². The molecule has 0 radical (unpaired) electrons. The van der Waals surface area contributed by atoms with Crippen LogP contribution in [0.25, 0.3) is 0 Å². The molecule has 0 aliphatic heterocycles. The molecule has 0 aliphatic rings. The first-order chi connectivity index (χ1) is 9.49. The zero-order chi connectivity index (χ0) is 15.1. The standard InChI is InChI=1S/C17H33N3/c1-6-8-9-15(7-2)12-16(18)10-11-17-13(3)19-20(5)14(17)4/h15-16H,6-12,18H2,1-5H3. The van der Waals surface area contributed by atoms with Crippen molar-refractivity contribution in [3.05, 3.63) is 17.0 Å². The van der Waals surface area contributed by atoms with E-state index in [1.54, 1.807) is 0 Å². The Morgan fingerprint density at radius 2 is 1.90 bits per heavy atom. The summed E-state index contributed by atoms with van der Waals surface area (Å²) in [6.07, 6.45) is 8.55. The Kier molecular flexibility index (Phi) is 7.28. The maximum absolute atomic E-state index is 6.35. The highest BCUT2D eigenvalue weighted by Crippen LogP contribution is 2.21. The molecule has 2 unspecified atom stereocenters. The van der Waals surface area contributed by atoms with Gasteiger partial charge in [-0.2, -0.15) is 5.10 Å². The second kappa shape index (κ2) is 8.46. The molecule has 0 aliphatic carbocycles. The van der Waals surface area contributed by atoms with E-state index in [1.165, 1.54) is 43.4 Å². The van der Waals surface area contributed by atoms with E-state index in [4.69, 9.17) is 5.73 Å². The SMILES string of the molecule is CCCCC(CC)CC(N)CCc1c(C)nn(C)c1C. The van der Waals surface area contributed by atoms with E-state index in [2.05, 4.69) is 32.8 Å². The highest BCUT2D eigenvalue weighted by molar-refractivity contribution is 5.24. The molecule has 0 saturated carbocycles. The summed E-state index contributed by atoms with van der Waals surface area (Å²) in [5.74, 6) is 0.807. The summed E-state index contributed by atoms with van der Waals surface area (Å²) in [5.41, 5.74) is 10.2. The van der Waals surface area contributed by atoms with E-state index in [0.29, 0.717) is 6.04 Å². The summed E-state index contributed by atoms with van der Waals surface area (Å²) in [4.78, 5) is 0. The molecule has 3 heteroatoms. The largest absolute Gasteiger partial charge is 0.328 e. The molecule has 0 amide bonds. The Morgan fingerprint density at radius 3 is 2.40 bits per heavy atom. The third kappa shape index (κ3) is 4.93. The van der Waals surface area contributed by atoms with Crippen LogP contribution < -0.4 is 5.73 Å². The Balaban J connectivity index is 2.44. The molecule has 116 valence electrons. The van der Waals surface area contributed by atoms with Gasteiger partial charge in [0.05, 0.1) is 5.69 Å². The monoisotopic (exact) mass is 279 g/mol. The third-order valence-corrected chi connectivity index (χ3v) is 4.60. The van der Waals surface area contributed by atoms with Crippen LogP contribution in [0.3, 0.4) is 0 Å². The lowest BCUT2D eigenvalue weighted by molar-refractivity contribution is 0.375. The number of aromatic nitrogens is 2. The van der Waals surface area contributed by atoms with Gasteiger partial charge in [0.15, 0.2) is 0 Å². The molecule has 0 bridgehead atoms. The lowest BCUT2D eigenvalue weighted by Crippen LogP contribution is -2.24. The average molecular weight is 279 g/mol. The predicted molar refractivity (Wildman–Crippen MR) is 86.9 cm³/mol. The predicted octanol–water partition coefficient (Wildman–Crippen LogP) is 3.90. The summed E-state index contributed by atoms with van der Waals surface area (Å²) in [6.45, 7) is 8.81. The topological polar surface area (TPSA) is 43.8 Å². The van der Waals surface area contributed by atoms with E-state index < -0.39 is 0 Å². The molecule has 3 nitrogen and oxygen atoms in total. The van der Waals surface area contributed by atoms with Crippen LogP contribution in [0.15, 0.2) is 0 Å². The molecule has 2 N–H and O–H groups in total. The fraction of sp³-hybridized carbons (Fsp3) is 0.824. The van der Waals surface area contributed by atoms with E-state index in [9.17, 15) is 0 Å². The summed E-state index contributed by atoms with van der Waals surface area (Å²) in [5, 5.41) is 4.48. The van der Waals surface area contributed by atoms with Crippen LogP contribution in [-0.2, 0) is 13.5 Å². The van der Waals surface area contributed by atoms with Gasteiger partial charge in [0, 0.05) is 18.8 Å². The molecule has 0 fully saturated rings. The summed E-state index contributed by atoms with van der Waals surface area (Å²) in [6, 6.07) is 0.329. The molecule has 20 heavy (non-hydrogen) atoms. The number of unbranched alkanes of at least 4 members (excludes halogenated alkanes) is 1. The van der Waals surface area contributed by atoms with Crippen LogP contribution in [-0.4, -0.2) is 15.8 Å². The van der Waals surface area contributed by atoms with Gasteiger partial charge in [0.25, 0.3) is 0 Å². The molecule has 1 heterocycles. The van der Waals surface area contributed by atoms with Gasteiger partial charge in [-0.25, -0.2) is 0 Å². The normalized spacial score (nSPS) is 14.5. The highest BCUT2D eigenvalue weighted by Gasteiger charge is 2.14. The molecule has 1 rings (SSSR count). The summed E-state index contributed by atoms with van der Waals surface area (Å²) < 4.78 is 1.98. The summed E-state index contributed by atoms with van der Waals surface area (Å²) >= 11 is 0. The van der Waals surface area contributed by atoms with Crippen LogP contribution in [0.2, 0.25) is 0 Å². The van der Waals surface area contributed by atoms with Gasteiger partial charge in [-0.05, 0) is 44.6 Å². The lowest BCUT2D eigenvalue weighted by atomic mass is 9.90. The van der Waals surface area contributed by atoms with Gasteiger partial charge in [0.1, 0.15) is 0 Å². The van der Waals surface area contributed by atoms with Crippen molar-refractivity contribution < 1.29 is 0 Å². The van der Waals surface area contributed by atoms with Crippen LogP contribution in [0.5, 0.6) is 0 Å². The molecule has 1 aromatic rings. The average Bonchev–Trinajstić information content (AvgIpc) is 2.66. The van der Waals surface area contributed by atoms with Crippen molar-refractivity contribution in [3.8, 4) is 0 Å². The van der Waals surface area contributed by atoms with Crippen LogP contribution >= 0.6 is 0 Å². The van der Waals surface area contributed by atoms with E-state index in [1.807, 2.05) is 11.7 Å². The number of hydrogen-bond donors (Lipinski definition) is 1.